The highest BCUT2D eigenvalue weighted by atomic mass is 16.5. The van der Waals surface area contributed by atoms with Gasteiger partial charge in [0.2, 0.25) is 0 Å². The zero-order chi connectivity index (χ0) is 11.3. The second-order valence-corrected chi connectivity index (χ2v) is 3.01. The SMILES string of the molecule is CCOc1cccc(C(N)C(=O)OC)c1. The van der Waals surface area contributed by atoms with Gasteiger partial charge in [-0.2, -0.15) is 0 Å². The number of carbonyl (C=O) groups is 1. The maximum absolute atomic E-state index is 11.2. The first-order valence-electron chi connectivity index (χ1n) is 4.75. The smallest absolute Gasteiger partial charge is 0.327 e. The lowest BCUT2D eigenvalue weighted by Crippen LogP contribution is -2.22. The van der Waals surface area contributed by atoms with E-state index < -0.39 is 12.0 Å². The number of carbonyl (C=O) groups excluding carboxylic acids is 1. The van der Waals surface area contributed by atoms with Gasteiger partial charge in [0, 0.05) is 0 Å². The molecule has 15 heavy (non-hydrogen) atoms. The number of nitrogens with two attached hydrogens (primary N) is 1. The molecule has 0 saturated heterocycles. The second-order valence-electron chi connectivity index (χ2n) is 3.01. The Kier molecular flexibility index (Phi) is 4.12. The molecule has 0 aliphatic carbocycles. The van der Waals surface area contributed by atoms with Crippen molar-refractivity contribution in [2.75, 3.05) is 13.7 Å². The maximum atomic E-state index is 11.2. The first-order chi connectivity index (χ1) is 7.19. The van der Waals surface area contributed by atoms with Crippen LogP contribution in [0, 0.1) is 0 Å². The third-order valence-electron chi connectivity index (χ3n) is 1.98. The summed E-state index contributed by atoms with van der Waals surface area (Å²) in [5, 5.41) is 0. The number of rotatable bonds is 4. The van der Waals surface area contributed by atoms with Gasteiger partial charge in [-0.3, -0.25) is 4.79 Å². The molecule has 0 aromatic heterocycles. The summed E-state index contributed by atoms with van der Waals surface area (Å²) in [7, 11) is 1.31. The Morgan fingerprint density at radius 2 is 2.27 bits per heavy atom. The maximum Gasteiger partial charge on any atom is 0.327 e. The largest absolute Gasteiger partial charge is 0.494 e. The van der Waals surface area contributed by atoms with Crippen molar-refractivity contribution in [3.05, 3.63) is 29.8 Å². The van der Waals surface area contributed by atoms with E-state index >= 15 is 0 Å². The van der Waals surface area contributed by atoms with Gasteiger partial charge in [0.1, 0.15) is 11.8 Å². The van der Waals surface area contributed by atoms with Crippen LogP contribution in [0.3, 0.4) is 0 Å². The lowest BCUT2D eigenvalue weighted by atomic mass is 10.1. The highest BCUT2D eigenvalue weighted by Gasteiger charge is 2.16. The number of methoxy groups -OCH3 is 1. The Morgan fingerprint density at radius 1 is 1.53 bits per heavy atom. The molecule has 0 bridgehead atoms. The van der Waals surface area contributed by atoms with Gasteiger partial charge in [-0.05, 0) is 24.6 Å². The van der Waals surface area contributed by atoms with Gasteiger partial charge in [0.25, 0.3) is 0 Å². The fourth-order valence-electron chi connectivity index (χ4n) is 1.23. The molecule has 0 spiro atoms. The van der Waals surface area contributed by atoms with E-state index in [0.29, 0.717) is 17.9 Å². The van der Waals surface area contributed by atoms with E-state index in [1.807, 2.05) is 13.0 Å². The molecule has 0 amide bonds. The van der Waals surface area contributed by atoms with Gasteiger partial charge >= 0.3 is 5.97 Å². The van der Waals surface area contributed by atoms with E-state index in [4.69, 9.17) is 10.5 Å². The van der Waals surface area contributed by atoms with Crippen LogP contribution in [0.4, 0.5) is 0 Å². The van der Waals surface area contributed by atoms with Crippen LogP contribution >= 0.6 is 0 Å². The van der Waals surface area contributed by atoms with Crippen LogP contribution < -0.4 is 10.5 Å². The molecule has 0 fully saturated rings. The number of hydrogen-bond donors (Lipinski definition) is 1. The molecule has 82 valence electrons. The summed E-state index contributed by atoms with van der Waals surface area (Å²) >= 11 is 0. The van der Waals surface area contributed by atoms with Crippen molar-refractivity contribution in [3.8, 4) is 5.75 Å². The molecule has 1 atom stereocenters. The summed E-state index contributed by atoms with van der Waals surface area (Å²) in [4.78, 5) is 11.2. The van der Waals surface area contributed by atoms with Gasteiger partial charge < -0.3 is 15.2 Å². The van der Waals surface area contributed by atoms with Gasteiger partial charge in [0.05, 0.1) is 13.7 Å². The summed E-state index contributed by atoms with van der Waals surface area (Å²) in [5.74, 6) is 0.248. The van der Waals surface area contributed by atoms with Crippen molar-refractivity contribution in [3.63, 3.8) is 0 Å². The van der Waals surface area contributed by atoms with Crippen molar-refractivity contribution in [1.29, 1.82) is 0 Å². The summed E-state index contributed by atoms with van der Waals surface area (Å²) in [6.45, 7) is 2.48. The topological polar surface area (TPSA) is 61.5 Å². The lowest BCUT2D eigenvalue weighted by Gasteiger charge is -2.11. The Hall–Kier alpha value is -1.55. The van der Waals surface area contributed by atoms with Gasteiger partial charge in [-0.1, -0.05) is 12.1 Å². The highest BCUT2D eigenvalue weighted by Crippen LogP contribution is 2.18. The summed E-state index contributed by atoms with van der Waals surface area (Å²) in [6, 6.07) is 6.37. The number of esters is 1. The van der Waals surface area contributed by atoms with E-state index in [1.165, 1.54) is 7.11 Å². The van der Waals surface area contributed by atoms with Crippen LogP contribution in [0.15, 0.2) is 24.3 Å². The van der Waals surface area contributed by atoms with Crippen molar-refractivity contribution in [2.45, 2.75) is 13.0 Å². The number of hydrogen-bond acceptors (Lipinski definition) is 4. The fourth-order valence-corrected chi connectivity index (χ4v) is 1.23. The average molecular weight is 209 g/mol. The van der Waals surface area contributed by atoms with Gasteiger partial charge in [0.15, 0.2) is 0 Å². The Morgan fingerprint density at radius 3 is 2.87 bits per heavy atom. The van der Waals surface area contributed by atoms with Crippen LogP contribution in [0.25, 0.3) is 0 Å². The standard InChI is InChI=1S/C11H15NO3/c1-3-15-9-6-4-5-8(7-9)10(12)11(13)14-2/h4-7,10H,3,12H2,1-2H3. The summed E-state index contributed by atoms with van der Waals surface area (Å²) < 4.78 is 9.86. The van der Waals surface area contributed by atoms with Crippen LogP contribution in [0.1, 0.15) is 18.5 Å². The molecule has 2 N–H and O–H groups in total. The van der Waals surface area contributed by atoms with Gasteiger partial charge in [-0.15, -0.1) is 0 Å². The molecule has 4 nitrogen and oxygen atoms in total. The molecule has 1 aromatic rings. The van der Waals surface area contributed by atoms with Crippen LogP contribution in [0.2, 0.25) is 0 Å². The van der Waals surface area contributed by atoms with Crippen molar-refractivity contribution in [2.24, 2.45) is 5.73 Å². The van der Waals surface area contributed by atoms with E-state index in [9.17, 15) is 4.79 Å². The van der Waals surface area contributed by atoms with E-state index in [2.05, 4.69) is 4.74 Å². The van der Waals surface area contributed by atoms with E-state index in [0.717, 1.165) is 0 Å². The summed E-state index contributed by atoms with van der Waals surface area (Å²) in [6.07, 6.45) is 0. The third kappa shape index (κ3) is 2.95. The molecule has 0 radical (unpaired) electrons. The molecule has 0 saturated carbocycles. The normalized spacial score (nSPS) is 11.9. The predicted octanol–water partition coefficient (Wildman–Crippen LogP) is 1.26. The molecule has 1 aromatic carbocycles. The fraction of sp³-hybridized carbons (Fsp3) is 0.364. The predicted molar refractivity (Wildman–Crippen MR) is 56.6 cm³/mol. The molecule has 0 aliphatic rings. The highest BCUT2D eigenvalue weighted by molar-refractivity contribution is 5.77. The van der Waals surface area contributed by atoms with E-state index in [-0.39, 0.29) is 0 Å². The van der Waals surface area contributed by atoms with E-state index in [1.54, 1.807) is 18.2 Å². The molecule has 1 rings (SSSR count). The molecular weight excluding hydrogens is 194 g/mol. The van der Waals surface area contributed by atoms with Crippen LogP contribution in [-0.2, 0) is 9.53 Å². The Labute approximate surface area is 89.0 Å². The lowest BCUT2D eigenvalue weighted by molar-refractivity contribution is -0.142. The summed E-state index contributed by atoms with van der Waals surface area (Å²) in [5.41, 5.74) is 6.37. The Balaban J connectivity index is 2.84. The van der Waals surface area contributed by atoms with Gasteiger partial charge in [-0.25, -0.2) is 0 Å². The molecule has 1 unspecified atom stereocenters. The quantitative estimate of drug-likeness (QED) is 0.758. The molecule has 0 aliphatic heterocycles. The number of benzene rings is 1. The minimum Gasteiger partial charge on any atom is -0.494 e. The molecule has 4 heteroatoms. The first kappa shape index (κ1) is 11.5. The van der Waals surface area contributed by atoms with Crippen molar-refractivity contribution in [1.82, 2.24) is 0 Å². The average Bonchev–Trinajstić information content (AvgIpc) is 2.28. The minimum absolute atomic E-state index is 0.455. The first-order valence-corrected chi connectivity index (χ1v) is 4.75. The monoisotopic (exact) mass is 209 g/mol. The zero-order valence-corrected chi connectivity index (χ0v) is 8.90. The second kappa shape index (κ2) is 5.36. The number of ether oxygens (including phenoxy) is 2. The Bertz CT molecular complexity index is 338. The molecular formula is C11H15NO3. The van der Waals surface area contributed by atoms with Crippen LogP contribution in [0.5, 0.6) is 5.75 Å². The molecule has 0 heterocycles. The van der Waals surface area contributed by atoms with Crippen molar-refractivity contribution >= 4 is 5.97 Å². The third-order valence-corrected chi connectivity index (χ3v) is 1.98. The van der Waals surface area contributed by atoms with Crippen molar-refractivity contribution < 1.29 is 14.3 Å². The van der Waals surface area contributed by atoms with Crippen LogP contribution in [-0.4, -0.2) is 19.7 Å². The minimum atomic E-state index is -0.754. The zero-order valence-electron chi connectivity index (χ0n) is 8.90.